The van der Waals surface area contributed by atoms with Crippen LogP contribution in [0.1, 0.15) is 61.4 Å². The number of pyridine rings is 1. The highest BCUT2D eigenvalue weighted by atomic mass is 19.4. The van der Waals surface area contributed by atoms with E-state index in [1.807, 2.05) is 0 Å². The second-order valence-electron chi connectivity index (χ2n) is 8.45. The average Bonchev–Trinajstić information content (AvgIpc) is 2.84. The zero-order valence-electron chi connectivity index (χ0n) is 19.8. The molecular formula is C26H21F7N2O3. The van der Waals surface area contributed by atoms with Gasteiger partial charge in [0.2, 0.25) is 0 Å². The third-order valence-corrected chi connectivity index (χ3v) is 5.62. The number of aromatic carboxylic acids is 1. The first-order valence-electron chi connectivity index (χ1n) is 11.2. The van der Waals surface area contributed by atoms with Gasteiger partial charge in [0, 0.05) is 5.69 Å². The van der Waals surface area contributed by atoms with Crippen molar-refractivity contribution >= 4 is 11.9 Å². The fourth-order valence-corrected chi connectivity index (χ4v) is 3.81. The van der Waals surface area contributed by atoms with Crippen molar-refractivity contribution in [1.82, 2.24) is 9.88 Å². The molecule has 5 nitrogen and oxygen atoms in total. The van der Waals surface area contributed by atoms with Gasteiger partial charge in [0.25, 0.3) is 5.91 Å². The molecule has 1 heterocycles. The van der Waals surface area contributed by atoms with Crippen molar-refractivity contribution in [1.29, 1.82) is 0 Å². The molecule has 0 aliphatic carbocycles. The normalized spacial score (nSPS) is 12.7. The molecule has 202 valence electrons. The van der Waals surface area contributed by atoms with Crippen LogP contribution in [-0.2, 0) is 19.1 Å². The Balaban J connectivity index is 1.85. The van der Waals surface area contributed by atoms with Gasteiger partial charge in [0.15, 0.2) is 0 Å². The average molecular weight is 542 g/mol. The number of hydrogen-bond donors (Lipinski definition) is 1. The fourth-order valence-electron chi connectivity index (χ4n) is 3.81. The number of halogens is 7. The highest BCUT2D eigenvalue weighted by Gasteiger charge is 2.42. The van der Waals surface area contributed by atoms with Crippen LogP contribution in [0.15, 0.2) is 60.7 Å². The number of amides is 1. The van der Waals surface area contributed by atoms with Gasteiger partial charge in [0.05, 0.1) is 17.7 Å². The largest absolute Gasteiger partial charge is 0.487 e. The van der Waals surface area contributed by atoms with Crippen LogP contribution in [0.2, 0.25) is 0 Å². The van der Waals surface area contributed by atoms with E-state index in [1.54, 1.807) is 6.07 Å². The van der Waals surface area contributed by atoms with Crippen molar-refractivity contribution in [2.24, 2.45) is 0 Å². The van der Waals surface area contributed by atoms with Crippen molar-refractivity contribution in [3.63, 3.8) is 0 Å². The summed E-state index contributed by atoms with van der Waals surface area (Å²) in [5.41, 5.74) is -2.82. The van der Waals surface area contributed by atoms with E-state index in [1.165, 1.54) is 37.3 Å². The minimum absolute atomic E-state index is 0.0390. The van der Waals surface area contributed by atoms with Gasteiger partial charge in [-0.2, -0.15) is 13.2 Å². The lowest BCUT2D eigenvalue weighted by molar-refractivity contribution is -0.228. The molecule has 3 aromatic rings. The van der Waals surface area contributed by atoms with E-state index in [9.17, 15) is 35.9 Å². The predicted molar refractivity (Wildman–Crippen MR) is 122 cm³/mol. The van der Waals surface area contributed by atoms with E-state index in [0.717, 1.165) is 18.2 Å². The maximum absolute atomic E-state index is 15.1. The molecule has 0 saturated carbocycles. The van der Waals surface area contributed by atoms with E-state index in [-0.39, 0.29) is 27.3 Å². The molecule has 0 bridgehead atoms. The summed E-state index contributed by atoms with van der Waals surface area (Å²) in [7, 11) is 0. The van der Waals surface area contributed by atoms with Gasteiger partial charge in [-0.25, -0.2) is 19.1 Å². The number of aryl methyl sites for hydroxylation is 2. The molecule has 2 aromatic carbocycles. The lowest BCUT2D eigenvalue weighted by atomic mass is 9.96. The van der Waals surface area contributed by atoms with Crippen LogP contribution < -0.4 is 0 Å². The first-order valence-corrected chi connectivity index (χ1v) is 11.2. The summed E-state index contributed by atoms with van der Waals surface area (Å²) in [6, 6.07) is 11.8. The van der Waals surface area contributed by atoms with E-state index in [2.05, 4.69) is 4.98 Å². The zero-order chi connectivity index (χ0) is 28.3. The third kappa shape index (κ3) is 7.08. The standard InChI is InChI=1S/C26H21F7N2O3/c1-15-11-19(21(27)10-9-17-7-8-18(24(37)38)12-20(17)25(28,29)30)13-22(34-15)23(36)35(26(31,32)33)14-16-5-3-2-4-6-16/h2-8,11-13,21H,9-10,14H2,1H3,(H,37,38). The Labute approximate surface area is 212 Å². The summed E-state index contributed by atoms with van der Waals surface area (Å²) in [6.07, 6.45) is -12.9. The van der Waals surface area contributed by atoms with Gasteiger partial charge in [0.1, 0.15) is 11.9 Å². The molecule has 1 N–H and O–H groups in total. The van der Waals surface area contributed by atoms with Crippen LogP contribution >= 0.6 is 0 Å². The van der Waals surface area contributed by atoms with Gasteiger partial charge in [-0.15, -0.1) is 13.2 Å². The Hall–Kier alpha value is -3.96. The first kappa shape index (κ1) is 28.6. The van der Waals surface area contributed by atoms with Crippen LogP contribution in [0.25, 0.3) is 0 Å². The molecule has 1 aromatic heterocycles. The molecule has 0 spiro atoms. The van der Waals surface area contributed by atoms with Crippen LogP contribution in [-0.4, -0.2) is 33.2 Å². The quantitative estimate of drug-likeness (QED) is 0.248. The lowest BCUT2D eigenvalue weighted by Crippen LogP contribution is -2.42. The summed E-state index contributed by atoms with van der Waals surface area (Å²) in [6.45, 7) is 0.536. The summed E-state index contributed by atoms with van der Waals surface area (Å²) < 4.78 is 96.5. The number of rotatable bonds is 8. The van der Waals surface area contributed by atoms with Gasteiger partial charge >= 0.3 is 18.4 Å². The smallest absolute Gasteiger partial charge is 0.478 e. The lowest BCUT2D eigenvalue weighted by Gasteiger charge is -2.25. The number of hydrogen-bond acceptors (Lipinski definition) is 3. The van der Waals surface area contributed by atoms with Crippen LogP contribution in [0.3, 0.4) is 0 Å². The molecule has 3 rings (SSSR count). The van der Waals surface area contributed by atoms with E-state index < -0.39 is 66.7 Å². The minimum atomic E-state index is -5.07. The number of carbonyl (C=O) groups is 2. The summed E-state index contributed by atoms with van der Waals surface area (Å²) >= 11 is 0. The minimum Gasteiger partial charge on any atom is -0.478 e. The van der Waals surface area contributed by atoms with Gasteiger partial charge in [-0.1, -0.05) is 36.4 Å². The van der Waals surface area contributed by atoms with Gasteiger partial charge in [-0.3, -0.25) is 4.79 Å². The van der Waals surface area contributed by atoms with Crippen molar-refractivity contribution in [2.45, 2.75) is 45.0 Å². The molecule has 1 atom stereocenters. The predicted octanol–water partition coefficient (Wildman–Crippen LogP) is 6.91. The number of benzene rings is 2. The summed E-state index contributed by atoms with van der Waals surface area (Å²) in [5, 5.41) is 8.97. The van der Waals surface area contributed by atoms with E-state index in [0.29, 0.717) is 6.07 Å². The molecule has 0 aliphatic rings. The van der Waals surface area contributed by atoms with Crippen molar-refractivity contribution in [3.8, 4) is 0 Å². The Morgan fingerprint density at radius 2 is 1.63 bits per heavy atom. The number of carbonyl (C=O) groups excluding carboxylic acids is 1. The van der Waals surface area contributed by atoms with Crippen molar-refractivity contribution in [3.05, 3.63) is 99.9 Å². The number of nitrogens with zero attached hydrogens (tertiary/aromatic N) is 2. The second kappa shape index (κ2) is 11.2. The van der Waals surface area contributed by atoms with Gasteiger partial charge < -0.3 is 5.11 Å². The number of carboxylic acid groups (broad SMARTS) is 1. The van der Waals surface area contributed by atoms with Crippen molar-refractivity contribution < 1.29 is 45.4 Å². The Kier molecular flexibility index (Phi) is 8.43. The van der Waals surface area contributed by atoms with Gasteiger partial charge in [-0.05, 0) is 60.7 Å². The molecule has 0 fully saturated rings. The Morgan fingerprint density at radius 1 is 0.974 bits per heavy atom. The number of aromatic nitrogens is 1. The molecule has 0 aliphatic heterocycles. The molecule has 12 heteroatoms. The Bertz CT molecular complexity index is 1310. The summed E-state index contributed by atoms with van der Waals surface area (Å²) in [4.78, 5) is 27.3. The number of carboxylic acids is 1. The monoisotopic (exact) mass is 542 g/mol. The highest BCUT2D eigenvalue weighted by Crippen LogP contribution is 2.35. The molecule has 0 saturated heterocycles. The van der Waals surface area contributed by atoms with Crippen molar-refractivity contribution in [2.75, 3.05) is 0 Å². The maximum Gasteiger partial charge on any atom is 0.487 e. The van der Waals surface area contributed by atoms with Crippen LogP contribution in [0.4, 0.5) is 30.7 Å². The topological polar surface area (TPSA) is 70.5 Å². The fraction of sp³-hybridized carbons (Fsp3) is 0.269. The first-order chi connectivity index (χ1) is 17.7. The van der Waals surface area contributed by atoms with Crippen LogP contribution in [0.5, 0.6) is 0 Å². The highest BCUT2D eigenvalue weighted by molar-refractivity contribution is 5.92. The third-order valence-electron chi connectivity index (χ3n) is 5.62. The summed E-state index contributed by atoms with van der Waals surface area (Å²) in [5.74, 6) is -3.07. The molecular weight excluding hydrogens is 521 g/mol. The SMILES string of the molecule is Cc1cc(C(F)CCc2ccc(C(=O)O)cc2C(F)(F)F)cc(C(=O)N(Cc2ccccc2)C(F)(F)F)n1. The van der Waals surface area contributed by atoms with Crippen LogP contribution in [0, 0.1) is 6.92 Å². The van der Waals surface area contributed by atoms with E-state index >= 15 is 4.39 Å². The maximum atomic E-state index is 15.1. The molecule has 1 unspecified atom stereocenters. The second-order valence-corrected chi connectivity index (χ2v) is 8.45. The zero-order valence-corrected chi connectivity index (χ0v) is 19.8. The molecule has 38 heavy (non-hydrogen) atoms. The molecule has 1 amide bonds. The number of alkyl halides is 7. The van der Waals surface area contributed by atoms with E-state index in [4.69, 9.17) is 5.11 Å². The molecule has 0 radical (unpaired) electrons. The Morgan fingerprint density at radius 3 is 2.21 bits per heavy atom.